The van der Waals surface area contributed by atoms with E-state index in [0.717, 1.165) is 18.5 Å². The lowest BCUT2D eigenvalue weighted by Gasteiger charge is -2.10. The van der Waals surface area contributed by atoms with Crippen LogP contribution >= 0.6 is 0 Å². The topological polar surface area (TPSA) is 65.4 Å². The van der Waals surface area contributed by atoms with Crippen molar-refractivity contribution in [3.63, 3.8) is 0 Å². The van der Waals surface area contributed by atoms with Crippen LogP contribution in [0, 0.1) is 0 Å². The number of ether oxygens (including phenoxy) is 2. The van der Waals surface area contributed by atoms with Gasteiger partial charge in [0.1, 0.15) is 0 Å². The number of hydrogen-bond donors (Lipinski definition) is 1. The molecule has 2 rings (SSSR count). The average molecular weight is 303 g/mol. The van der Waals surface area contributed by atoms with Crippen molar-refractivity contribution in [2.24, 2.45) is 0 Å². The zero-order chi connectivity index (χ0) is 15.8. The molecule has 1 aromatic carbocycles. The van der Waals surface area contributed by atoms with E-state index in [9.17, 15) is 4.79 Å². The van der Waals surface area contributed by atoms with Crippen molar-refractivity contribution >= 4 is 5.91 Å². The predicted molar refractivity (Wildman–Crippen MR) is 83.1 cm³/mol. The summed E-state index contributed by atoms with van der Waals surface area (Å²) >= 11 is 0. The van der Waals surface area contributed by atoms with Crippen LogP contribution in [0.15, 0.2) is 36.7 Å². The van der Waals surface area contributed by atoms with Crippen molar-refractivity contribution in [1.82, 2.24) is 15.1 Å². The highest BCUT2D eigenvalue weighted by Crippen LogP contribution is 2.27. The van der Waals surface area contributed by atoms with E-state index >= 15 is 0 Å². The van der Waals surface area contributed by atoms with E-state index in [2.05, 4.69) is 10.4 Å². The molecule has 6 nitrogen and oxygen atoms in total. The summed E-state index contributed by atoms with van der Waals surface area (Å²) in [4.78, 5) is 11.9. The molecule has 118 valence electrons. The number of nitrogens with one attached hydrogen (secondary N) is 1. The SMILES string of the molecule is COc1ccc(CC(=O)NCCCn2cccn2)cc1OC. The Morgan fingerprint density at radius 3 is 2.77 bits per heavy atom. The highest BCUT2D eigenvalue weighted by atomic mass is 16.5. The van der Waals surface area contributed by atoms with Crippen LogP contribution in [0.25, 0.3) is 0 Å². The van der Waals surface area contributed by atoms with Crippen LogP contribution in [-0.4, -0.2) is 36.5 Å². The van der Waals surface area contributed by atoms with E-state index < -0.39 is 0 Å². The summed E-state index contributed by atoms with van der Waals surface area (Å²) in [5.41, 5.74) is 0.891. The van der Waals surface area contributed by atoms with Crippen molar-refractivity contribution in [2.45, 2.75) is 19.4 Å². The van der Waals surface area contributed by atoms with E-state index in [1.807, 2.05) is 29.1 Å². The molecule has 0 saturated carbocycles. The first-order valence-electron chi connectivity index (χ1n) is 7.18. The van der Waals surface area contributed by atoms with E-state index in [1.54, 1.807) is 26.5 Å². The Morgan fingerprint density at radius 1 is 1.27 bits per heavy atom. The fourth-order valence-corrected chi connectivity index (χ4v) is 2.14. The number of carbonyl (C=O) groups is 1. The molecule has 0 unspecified atom stereocenters. The van der Waals surface area contributed by atoms with Crippen LogP contribution in [0.4, 0.5) is 0 Å². The summed E-state index contributed by atoms with van der Waals surface area (Å²) in [5.74, 6) is 1.28. The number of aryl methyl sites for hydroxylation is 1. The molecule has 1 amide bonds. The first-order chi connectivity index (χ1) is 10.7. The van der Waals surface area contributed by atoms with E-state index in [1.165, 1.54) is 0 Å². The maximum absolute atomic E-state index is 11.9. The van der Waals surface area contributed by atoms with Crippen LogP contribution in [0.3, 0.4) is 0 Å². The zero-order valence-corrected chi connectivity index (χ0v) is 12.9. The van der Waals surface area contributed by atoms with Crippen LogP contribution in [-0.2, 0) is 17.8 Å². The summed E-state index contributed by atoms with van der Waals surface area (Å²) in [7, 11) is 3.17. The number of rotatable bonds is 8. The molecular weight excluding hydrogens is 282 g/mol. The minimum Gasteiger partial charge on any atom is -0.493 e. The summed E-state index contributed by atoms with van der Waals surface area (Å²) < 4.78 is 12.3. The Morgan fingerprint density at radius 2 is 2.09 bits per heavy atom. The van der Waals surface area contributed by atoms with Gasteiger partial charge < -0.3 is 14.8 Å². The molecule has 0 aliphatic rings. The molecule has 22 heavy (non-hydrogen) atoms. The Kier molecular flexibility index (Phi) is 5.82. The van der Waals surface area contributed by atoms with Gasteiger partial charge in [0.25, 0.3) is 0 Å². The fraction of sp³-hybridized carbons (Fsp3) is 0.375. The van der Waals surface area contributed by atoms with E-state index in [4.69, 9.17) is 9.47 Å². The van der Waals surface area contributed by atoms with Gasteiger partial charge in [0, 0.05) is 25.5 Å². The number of benzene rings is 1. The summed E-state index contributed by atoms with van der Waals surface area (Å²) in [6.45, 7) is 1.43. The molecular formula is C16H21N3O3. The van der Waals surface area contributed by atoms with E-state index in [0.29, 0.717) is 24.5 Å². The van der Waals surface area contributed by atoms with Gasteiger partial charge in [0.15, 0.2) is 11.5 Å². The maximum Gasteiger partial charge on any atom is 0.224 e. The molecule has 0 spiro atoms. The minimum absolute atomic E-state index is 0.00677. The molecule has 1 N–H and O–H groups in total. The third-order valence-electron chi connectivity index (χ3n) is 3.26. The number of hydrogen-bond acceptors (Lipinski definition) is 4. The van der Waals surface area contributed by atoms with Crippen LogP contribution in [0.1, 0.15) is 12.0 Å². The molecule has 0 saturated heterocycles. The largest absolute Gasteiger partial charge is 0.493 e. The van der Waals surface area contributed by atoms with Gasteiger partial charge in [-0.3, -0.25) is 9.48 Å². The number of aromatic nitrogens is 2. The van der Waals surface area contributed by atoms with Gasteiger partial charge in [-0.05, 0) is 30.2 Å². The molecule has 1 aromatic heterocycles. The van der Waals surface area contributed by atoms with Crippen molar-refractivity contribution in [3.8, 4) is 11.5 Å². The van der Waals surface area contributed by atoms with Gasteiger partial charge in [-0.15, -0.1) is 0 Å². The van der Waals surface area contributed by atoms with Gasteiger partial charge in [0.2, 0.25) is 5.91 Å². The molecule has 6 heteroatoms. The lowest BCUT2D eigenvalue weighted by atomic mass is 10.1. The van der Waals surface area contributed by atoms with Crippen molar-refractivity contribution in [2.75, 3.05) is 20.8 Å². The third-order valence-corrected chi connectivity index (χ3v) is 3.26. The number of amides is 1. The van der Waals surface area contributed by atoms with Crippen molar-refractivity contribution in [3.05, 3.63) is 42.2 Å². The second-order valence-corrected chi connectivity index (χ2v) is 4.84. The van der Waals surface area contributed by atoms with E-state index in [-0.39, 0.29) is 5.91 Å². The number of carbonyl (C=O) groups excluding carboxylic acids is 1. The Hall–Kier alpha value is -2.50. The molecule has 0 aliphatic carbocycles. The molecule has 0 bridgehead atoms. The fourth-order valence-electron chi connectivity index (χ4n) is 2.14. The first-order valence-corrected chi connectivity index (χ1v) is 7.18. The Labute approximate surface area is 130 Å². The molecule has 0 aliphatic heterocycles. The highest BCUT2D eigenvalue weighted by Gasteiger charge is 2.08. The standard InChI is InChI=1S/C16H21N3O3/c1-21-14-6-5-13(11-15(14)22-2)12-16(20)17-7-3-9-19-10-4-8-18-19/h4-6,8,10-11H,3,7,9,12H2,1-2H3,(H,17,20). The predicted octanol–water partition coefficient (Wildman–Crippen LogP) is 1.65. The molecule has 1 heterocycles. The molecule has 0 radical (unpaired) electrons. The second-order valence-electron chi connectivity index (χ2n) is 4.84. The lowest BCUT2D eigenvalue weighted by Crippen LogP contribution is -2.26. The van der Waals surface area contributed by atoms with Gasteiger partial charge in [0.05, 0.1) is 20.6 Å². The summed E-state index contributed by atoms with van der Waals surface area (Å²) in [5, 5.41) is 7.02. The number of nitrogens with zero attached hydrogens (tertiary/aromatic N) is 2. The molecule has 0 atom stereocenters. The second kappa shape index (κ2) is 8.07. The lowest BCUT2D eigenvalue weighted by molar-refractivity contribution is -0.120. The van der Waals surface area contributed by atoms with Crippen LogP contribution < -0.4 is 14.8 Å². The average Bonchev–Trinajstić information content (AvgIpc) is 3.04. The van der Waals surface area contributed by atoms with Crippen molar-refractivity contribution in [1.29, 1.82) is 0 Å². The maximum atomic E-state index is 11.9. The Balaban J connectivity index is 1.76. The van der Waals surface area contributed by atoms with Gasteiger partial charge in [-0.1, -0.05) is 6.07 Å². The molecule has 0 fully saturated rings. The zero-order valence-electron chi connectivity index (χ0n) is 12.9. The highest BCUT2D eigenvalue weighted by molar-refractivity contribution is 5.78. The monoisotopic (exact) mass is 303 g/mol. The van der Waals surface area contributed by atoms with Gasteiger partial charge in [-0.25, -0.2) is 0 Å². The molecule has 2 aromatic rings. The smallest absolute Gasteiger partial charge is 0.224 e. The van der Waals surface area contributed by atoms with Crippen molar-refractivity contribution < 1.29 is 14.3 Å². The normalized spacial score (nSPS) is 10.3. The van der Waals surface area contributed by atoms with Gasteiger partial charge in [-0.2, -0.15) is 5.10 Å². The summed E-state index contributed by atoms with van der Waals surface area (Å²) in [6, 6.07) is 7.38. The third kappa shape index (κ3) is 4.51. The summed E-state index contributed by atoms with van der Waals surface area (Å²) in [6.07, 6.45) is 4.82. The van der Waals surface area contributed by atoms with Crippen LogP contribution in [0.5, 0.6) is 11.5 Å². The van der Waals surface area contributed by atoms with Crippen LogP contribution in [0.2, 0.25) is 0 Å². The van der Waals surface area contributed by atoms with Gasteiger partial charge >= 0.3 is 0 Å². The Bertz CT molecular complexity index is 597. The first kappa shape index (κ1) is 15.9. The minimum atomic E-state index is -0.00677. The quantitative estimate of drug-likeness (QED) is 0.753. The number of methoxy groups -OCH3 is 2.